The fourth-order valence-electron chi connectivity index (χ4n) is 2.32. The van der Waals surface area contributed by atoms with Crippen LogP contribution in [0.25, 0.3) is 0 Å². The van der Waals surface area contributed by atoms with Crippen molar-refractivity contribution in [2.24, 2.45) is 17.2 Å². The van der Waals surface area contributed by atoms with Crippen LogP contribution in [0.5, 0.6) is 0 Å². The van der Waals surface area contributed by atoms with Crippen molar-refractivity contribution in [1.29, 1.82) is 0 Å². The molecule has 0 spiro atoms. The Morgan fingerprint density at radius 2 is 0.733 bits per heavy atom. The number of benzene rings is 1. The number of hydrogen-bond donors (Lipinski definition) is 6. The van der Waals surface area contributed by atoms with Crippen molar-refractivity contribution in [3.8, 4) is 0 Å². The minimum Gasteiger partial charge on any atom is -0.478 e. The molecule has 30 heavy (non-hydrogen) atoms. The second kappa shape index (κ2) is 12.9. The van der Waals surface area contributed by atoms with Crippen molar-refractivity contribution in [2.45, 2.75) is 75.9 Å². The molecular weight excluding hydrogens is 390 g/mol. The molecule has 0 amide bonds. The van der Waals surface area contributed by atoms with Gasteiger partial charge in [0.05, 0.1) is 16.7 Å². The van der Waals surface area contributed by atoms with Crippen molar-refractivity contribution in [3.63, 3.8) is 0 Å². The van der Waals surface area contributed by atoms with Crippen LogP contribution in [-0.4, -0.2) is 51.4 Å². The third-order valence-corrected chi connectivity index (χ3v) is 5.12. The summed E-state index contributed by atoms with van der Waals surface area (Å²) in [6, 6.07) is 4.39. The van der Waals surface area contributed by atoms with Crippen LogP contribution in [0, 0.1) is 0 Å². The van der Waals surface area contributed by atoms with E-state index in [1.807, 2.05) is 0 Å². The average molecular weight is 424 g/mol. The summed E-state index contributed by atoms with van der Waals surface area (Å²) in [5, 5.41) is 25.8. The summed E-state index contributed by atoms with van der Waals surface area (Å²) in [4.78, 5) is 31.7. The van der Waals surface area contributed by atoms with E-state index < -0.39 is 17.9 Å². The Bertz CT molecular complexity index is 605. The second-order valence-electron chi connectivity index (χ2n) is 7.79. The minimum atomic E-state index is -1.37. The molecule has 9 N–H and O–H groups in total. The molecule has 9 nitrogen and oxygen atoms in total. The Morgan fingerprint density at radius 3 is 0.800 bits per heavy atom. The number of aromatic carboxylic acids is 3. The van der Waals surface area contributed by atoms with E-state index in [1.54, 1.807) is 0 Å². The van der Waals surface area contributed by atoms with Gasteiger partial charge in [-0.3, -0.25) is 0 Å². The summed E-state index contributed by atoms with van der Waals surface area (Å²) < 4.78 is 0. The summed E-state index contributed by atoms with van der Waals surface area (Å²) in [6.07, 6.45) is 11.7. The van der Waals surface area contributed by atoms with E-state index in [4.69, 9.17) is 32.5 Å². The van der Waals surface area contributed by atoms with Crippen LogP contribution >= 0.6 is 0 Å². The molecule has 0 saturated heterocycles. The molecule has 0 radical (unpaired) electrons. The zero-order valence-electron chi connectivity index (χ0n) is 17.1. The van der Waals surface area contributed by atoms with Crippen LogP contribution in [-0.2, 0) is 0 Å². The molecule has 0 aliphatic heterocycles. The van der Waals surface area contributed by atoms with Crippen molar-refractivity contribution < 1.29 is 29.7 Å². The first-order valence-electron chi connectivity index (χ1n) is 10.2. The lowest BCUT2D eigenvalue weighted by Gasteiger charge is -2.18. The van der Waals surface area contributed by atoms with E-state index >= 15 is 0 Å². The van der Waals surface area contributed by atoms with E-state index in [2.05, 4.69) is 0 Å². The summed E-state index contributed by atoms with van der Waals surface area (Å²) in [6.45, 7) is 0. The number of carboxylic acid groups (broad SMARTS) is 3. The maximum absolute atomic E-state index is 10.6. The third-order valence-electron chi connectivity index (χ3n) is 5.12. The van der Waals surface area contributed by atoms with Gasteiger partial charge in [0.1, 0.15) is 0 Å². The minimum absolute atomic E-state index is 0.368. The van der Waals surface area contributed by atoms with E-state index in [0.29, 0.717) is 18.1 Å². The van der Waals surface area contributed by atoms with E-state index in [-0.39, 0.29) is 16.7 Å². The van der Waals surface area contributed by atoms with E-state index in [9.17, 15) is 14.4 Å². The number of carbonyl (C=O) groups is 3. The molecule has 0 bridgehead atoms. The molecule has 0 aromatic heterocycles. The van der Waals surface area contributed by atoms with Gasteiger partial charge in [-0.15, -0.1) is 0 Å². The molecule has 168 valence electrons. The highest BCUT2D eigenvalue weighted by molar-refractivity contribution is 5.98. The molecule has 1 aromatic rings. The van der Waals surface area contributed by atoms with Gasteiger partial charge >= 0.3 is 17.9 Å². The van der Waals surface area contributed by atoms with Crippen LogP contribution in [0.2, 0.25) is 0 Å². The quantitative estimate of drug-likeness (QED) is 0.423. The van der Waals surface area contributed by atoms with Gasteiger partial charge in [-0.05, 0) is 56.7 Å². The summed E-state index contributed by atoms with van der Waals surface area (Å²) in [5.74, 6) is -4.12. The van der Waals surface area contributed by atoms with Gasteiger partial charge in [0, 0.05) is 18.1 Å². The lowest BCUT2D eigenvalue weighted by atomic mass is 9.95. The number of carboxylic acids is 3. The number of nitrogens with two attached hydrogens (primary N) is 3. The first kappa shape index (κ1) is 25.5. The van der Waals surface area contributed by atoms with Gasteiger partial charge in [-0.1, -0.05) is 19.3 Å². The largest absolute Gasteiger partial charge is 0.478 e. The molecule has 0 heterocycles. The zero-order valence-corrected chi connectivity index (χ0v) is 17.1. The molecule has 1 aromatic carbocycles. The fraction of sp³-hybridized carbons (Fsp3) is 0.571. The number of hydrogen-bond acceptors (Lipinski definition) is 6. The molecule has 3 aliphatic carbocycles. The van der Waals surface area contributed by atoms with Crippen LogP contribution < -0.4 is 17.2 Å². The monoisotopic (exact) mass is 423 g/mol. The van der Waals surface area contributed by atoms with Crippen molar-refractivity contribution in [3.05, 3.63) is 34.9 Å². The number of rotatable bonds is 3. The Hall–Kier alpha value is -2.49. The summed E-state index contributed by atoms with van der Waals surface area (Å²) >= 11 is 0. The van der Waals surface area contributed by atoms with Crippen molar-refractivity contribution in [1.82, 2.24) is 0 Å². The van der Waals surface area contributed by atoms with Gasteiger partial charge in [-0.2, -0.15) is 0 Å². The first-order chi connectivity index (χ1) is 14.1. The summed E-state index contributed by atoms with van der Waals surface area (Å²) in [5.41, 5.74) is 15.0. The van der Waals surface area contributed by atoms with E-state index in [1.165, 1.54) is 57.8 Å². The van der Waals surface area contributed by atoms with E-state index in [0.717, 1.165) is 18.2 Å². The van der Waals surface area contributed by atoms with Gasteiger partial charge in [0.25, 0.3) is 0 Å². The Balaban J connectivity index is 0.000000240. The molecular formula is C21H33N3O6. The highest BCUT2D eigenvalue weighted by Crippen LogP contribution is 2.15. The maximum atomic E-state index is 10.6. The van der Waals surface area contributed by atoms with Gasteiger partial charge in [0.15, 0.2) is 0 Å². The van der Waals surface area contributed by atoms with Crippen LogP contribution in [0.1, 0.15) is 88.9 Å². The molecule has 9 heteroatoms. The SMILES string of the molecule is NC1CCC1.NC1CCC1.NC1CCC1.O=C(O)c1cc(C(=O)O)cc(C(=O)O)c1. The normalized spacial score (nSPS) is 17.7. The summed E-state index contributed by atoms with van der Waals surface area (Å²) in [7, 11) is 0. The van der Waals surface area contributed by atoms with Crippen molar-refractivity contribution >= 4 is 17.9 Å². The molecule has 3 aliphatic rings. The molecule has 3 saturated carbocycles. The first-order valence-corrected chi connectivity index (χ1v) is 10.2. The zero-order chi connectivity index (χ0) is 22.7. The predicted molar refractivity (Wildman–Crippen MR) is 113 cm³/mol. The molecule has 3 fully saturated rings. The average Bonchev–Trinajstić information content (AvgIpc) is 2.64. The lowest BCUT2D eigenvalue weighted by Crippen LogP contribution is -2.27. The maximum Gasteiger partial charge on any atom is 0.335 e. The Morgan fingerprint density at radius 1 is 0.567 bits per heavy atom. The van der Waals surface area contributed by atoms with Crippen molar-refractivity contribution in [2.75, 3.05) is 0 Å². The van der Waals surface area contributed by atoms with Crippen LogP contribution in [0.3, 0.4) is 0 Å². The van der Waals surface area contributed by atoms with Gasteiger partial charge < -0.3 is 32.5 Å². The van der Waals surface area contributed by atoms with Gasteiger partial charge in [0.2, 0.25) is 0 Å². The predicted octanol–water partition coefficient (Wildman–Crippen LogP) is 2.27. The second-order valence-corrected chi connectivity index (χ2v) is 7.79. The molecule has 0 unspecified atom stereocenters. The molecule has 0 atom stereocenters. The highest BCUT2D eigenvalue weighted by atomic mass is 16.4. The fourth-order valence-corrected chi connectivity index (χ4v) is 2.32. The smallest absolute Gasteiger partial charge is 0.335 e. The highest BCUT2D eigenvalue weighted by Gasteiger charge is 2.14. The van der Waals surface area contributed by atoms with Crippen LogP contribution in [0.15, 0.2) is 18.2 Å². The Kier molecular flexibility index (Phi) is 11.0. The Labute approximate surface area is 176 Å². The topological polar surface area (TPSA) is 190 Å². The lowest BCUT2D eigenvalue weighted by molar-refractivity contribution is 0.0696. The molecule has 4 rings (SSSR count). The standard InChI is InChI=1S/C9H6O6.3C4H9N/c10-7(11)4-1-5(8(12)13)3-6(2-4)9(14)15;3*5-4-2-1-3-4/h1-3H,(H,10,11)(H,12,13)(H,14,15);3*4H,1-3,5H2. The van der Waals surface area contributed by atoms with Gasteiger partial charge in [-0.25, -0.2) is 14.4 Å². The third kappa shape index (κ3) is 9.82. The van der Waals surface area contributed by atoms with Crippen LogP contribution in [0.4, 0.5) is 0 Å².